The Labute approximate surface area is 112 Å². The smallest absolute Gasteiger partial charge is 0.0589 e. The number of likely N-dealkylation sites (tertiary alicyclic amines) is 1. The Morgan fingerprint density at radius 2 is 2.11 bits per heavy atom. The van der Waals surface area contributed by atoms with Crippen LogP contribution in [0.4, 0.5) is 0 Å². The van der Waals surface area contributed by atoms with Crippen molar-refractivity contribution in [1.29, 1.82) is 0 Å². The number of hydrogen-bond acceptors (Lipinski definition) is 3. The van der Waals surface area contributed by atoms with Crippen LogP contribution in [0.25, 0.3) is 0 Å². The second-order valence-corrected chi connectivity index (χ2v) is 5.90. The van der Waals surface area contributed by atoms with Crippen molar-refractivity contribution >= 4 is 0 Å². The van der Waals surface area contributed by atoms with Gasteiger partial charge in [-0.2, -0.15) is 0 Å². The van der Waals surface area contributed by atoms with E-state index < -0.39 is 0 Å². The SMILES string of the molecule is CCCC1CC(NC2CCCN(CC)C2)CCO1. The highest BCUT2D eigenvalue weighted by atomic mass is 16.5. The monoisotopic (exact) mass is 254 g/mol. The van der Waals surface area contributed by atoms with Crippen molar-refractivity contribution in [3.63, 3.8) is 0 Å². The highest BCUT2D eigenvalue weighted by Gasteiger charge is 2.26. The highest BCUT2D eigenvalue weighted by Crippen LogP contribution is 2.20. The maximum absolute atomic E-state index is 5.83. The lowest BCUT2D eigenvalue weighted by atomic mass is 9.97. The van der Waals surface area contributed by atoms with Crippen LogP contribution in [-0.2, 0) is 4.74 Å². The Morgan fingerprint density at radius 1 is 1.22 bits per heavy atom. The van der Waals surface area contributed by atoms with Crippen LogP contribution in [0.15, 0.2) is 0 Å². The first kappa shape index (κ1) is 14.3. The molecule has 0 aromatic heterocycles. The molecule has 2 saturated heterocycles. The summed E-state index contributed by atoms with van der Waals surface area (Å²) in [6.07, 6.45) is 8.10. The predicted molar refractivity (Wildman–Crippen MR) is 75.9 cm³/mol. The van der Waals surface area contributed by atoms with Crippen molar-refractivity contribution in [2.75, 3.05) is 26.2 Å². The molecule has 3 atom stereocenters. The van der Waals surface area contributed by atoms with Crippen LogP contribution in [-0.4, -0.2) is 49.3 Å². The Kier molecular flexibility index (Phi) is 5.93. The van der Waals surface area contributed by atoms with E-state index in [0.717, 1.165) is 6.61 Å². The fourth-order valence-electron chi connectivity index (χ4n) is 3.37. The number of nitrogens with zero attached hydrogens (tertiary/aromatic N) is 1. The van der Waals surface area contributed by atoms with Gasteiger partial charge in [-0.05, 0) is 45.2 Å². The van der Waals surface area contributed by atoms with E-state index in [9.17, 15) is 0 Å². The largest absolute Gasteiger partial charge is 0.378 e. The van der Waals surface area contributed by atoms with Gasteiger partial charge < -0.3 is 15.0 Å². The van der Waals surface area contributed by atoms with Crippen LogP contribution in [0.2, 0.25) is 0 Å². The topological polar surface area (TPSA) is 24.5 Å². The predicted octanol–water partition coefficient (Wildman–Crippen LogP) is 2.41. The van der Waals surface area contributed by atoms with Gasteiger partial charge in [0.25, 0.3) is 0 Å². The third kappa shape index (κ3) is 4.22. The first-order chi connectivity index (χ1) is 8.81. The first-order valence-electron chi connectivity index (χ1n) is 7.91. The molecule has 0 radical (unpaired) electrons. The molecule has 0 bridgehead atoms. The normalized spacial score (nSPS) is 34.7. The lowest BCUT2D eigenvalue weighted by Gasteiger charge is -2.37. The van der Waals surface area contributed by atoms with Crippen molar-refractivity contribution in [3.05, 3.63) is 0 Å². The number of nitrogens with one attached hydrogen (secondary N) is 1. The maximum atomic E-state index is 5.83. The van der Waals surface area contributed by atoms with Crippen molar-refractivity contribution in [1.82, 2.24) is 10.2 Å². The number of ether oxygens (including phenoxy) is 1. The van der Waals surface area contributed by atoms with Gasteiger partial charge in [-0.3, -0.25) is 0 Å². The molecule has 3 heteroatoms. The second-order valence-electron chi connectivity index (χ2n) is 5.90. The molecule has 2 aliphatic heterocycles. The Morgan fingerprint density at radius 3 is 2.89 bits per heavy atom. The molecule has 0 spiro atoms. The fourth-order valence-corrected chi connectivity index (χ4v) is 3.37. The zero-order valence-electron chi connectivity index (χ0n) is 12.2. The summed E-state index contributed by atoms with van der Waals surface area (Å²) in [4.78, 5) is 2.57. The van der Waals surface area contributed by atoms with Crippen molar-refractivity contribution < 1.29 is 4.74 Å². The molecule has 2 heterocycles. The lowest BCUT2D eigenvalue weighted by Crippen LogP contribution is -2.51. The molecule has 3 unspecified atom stereocenters. The number of likely N-dealkylation sites (N-methyl/N-ethyl adjacent to an activating group) is 1. The molecule has 3 nitrogen and oxygen atoms in total. The molecular formula is C15H30N2O. The number of hydrogen-bond donors (Lipinski definition) is 1. The number of rotatable bonds is 5. The van der Waals surface area contributed by atoms with Crippen molar-refractivity contribution in [3.8, 4) is 0 Å². The van der Waals surface area contributed by atoms with Gasteiger partial charge in [0.2, 0.25) is 0 Å². The summed E-state index contributed by atoms with van der Waals surface area (Å²) in [6.45, 7) is 9.21. The van der Waals surface area contributed by atoms with Crippen LogP contribution >= 0.6 is 0 Å². The first-order valence-corrected chi connectivity index (χ1v) is 7.91. The number of piperidine rings is 1. The molecule has 2 rings (SSSR count). The third-order valence-corrected chi connectivity index (χ3v) is 4.40. The molecule has 2 fully saturated rings. The molecule has 0 aromatic carbocycles. The fraction of sp³-hybridized carbons (Fsp3) is 1.00. The standard InChI is InChI=1S/C15H30N2O/c1-3-6-15-11-13(8-10-18-15)16-14-7-5-9-17(4-2)12-14/h13-16H,3-12H2,1-2H3. The Hall–Kier alpha value is -0.120. The summed E-state index contributed by atoms with van der Waals surface area (Å²) >= 11 is 0. The van der Waals surface area contributed by atoms with Crippen LogP contribution in [0.3, 0.4) is 0 Å². The van der Waals surface area contributed by atoms with E-state index in [1.54, 1.807) is 0 Å². The quantitative estimate of drug-likeness (QED) is 0.815. The van der Waals surface area contributed by atoms with Crippen LogP contribution in [0, 0.1) is 0 Å². The summed E-state index contributed by atoms with van der Waals surface area (Å²) in [7, 11) is 0. The average Bonchev–Trinajstić information content (AvgIpc) is 2.40. The summed E-state index contributed by atoms with van der Waals surface area (Å²) in [5.74, 6) is 0. The minimum atomic E-state index is 0.507. The second kappa shape index (κ2) is 7.46. The van der Waals surface area contributed by atoms with Gasteiger partial charge in [-0.25, -0.2) is 0 Å². The summed E-state index contributed by atoms with van der Waals surface area (Å²) in [5, 5.41) is 3.89. The van der Waals surface area contributed by atoms with Gasteiger partial charge in [0.15, 0.2) is 0 Å². The minimum Gasteiger partial charge on any atom is -0.378 e. The van der Waals surface area contributed by atoms with E-state index in [4.69, 9.17) is 4.74 Å². The molecule has 0 amide bonds. The summed E-state index contributed by atoms with van der Waals surface area (Å²) in [5.41, 5.74) is 0. The lowest BCUT2D eigenvalue weighted by molar-refractivity contribution is -0.00676. The average molecular weight is 254 g/mol. The van der Waals surface area contributed by atoms with Crippen molar-refractivity contribution in [2.24, 2.45) is 0 Å². The van der Waals surface area contributed by atoms with Gasteiger partial charge in [-0.1, -0.05) is 20.3 Å². The van der Waals surface area contributed by atoms with Gasteiger partial charge in [0.05, 0.1) is 6.10 Å². The molecule has 2 aliphatic rings. The zero-order valence-corrected chi connectivity index (χ0v) is 12.2. The molecule has 106 valence electrons. The van der Waals surface area contributed by atoms with Gasteiger partial charge in [0, 0.05) is 25.2 Å². The van der Waals surface area contributed by atoms with Crippen LogP contribution < -0.4 is 5.32 Å². The van der Waals surface area contributed by atoms with Crippen LogP contribution in [0.1, 0.15) is 52.4 Å². The third-order valence-electron chi connectivity index (χ3n) is 4.40. The van der Waals surface area contributed by atoms with E-state index in [-0.39, 0.29) is 0 Å². The van der Waals surface area contributed by atoms with E-state index in [2.05, 4.69) is 24.1 Å². The zero-order chi connectivity index (χ0) is 12.8. The van der Waals surface area contributed by atoms with Crippen LogP contribution in [0.5, 0.6) is 0 Å². The Balaban J connectivity index is 1.74. The van der Waals surface area contributed by atoms with Gasteiger partial charge in [-0.15, -0.1) is 0 Å². The van der Waals surface area contributed by atoms with E-state index in [0.29, 0.717) is 18.2 Å². The molecule has 0 aromatic rings. The molecular weight excluding hydrogens is 224 g/mol. The van der Waals surface area contributed by atoms with E-state index in [1.807, 2.05) is 0 Å². The van der Waals surface area contributed by atoms with E-state index >= 15 is 0 Å². The molecule has 1 N–H and O–H groups in total. The van der Waals surface area contributed by atoms with Gasteiger partial charge in [0.1, 0.15) is 0 Å². The minimum absolute atomic E-state index is 0.507. The van der Waals surface area contributed by atoms with E-state index in [1.165, 1.54) is 58.2 Å². The summed E-state index contributed by atoms with van der Waals surface area (Å²) in [6, 6.07) is 1.40. The van der Waals surface area contributed by atoms with Gasteiger partial charge >= 0.3 is 0 Å². The van der Waals surface area contributed by atoms with Crippen molar-refractivity contribution in [2.45, 2.75) is 70.6 Å². The molecule has 18 heavy (non-hydrogen) atoms. The highest BCUT2D eigenvalue weighted by molar-refractivity contribution is 4.84. The molecule has 0 saturated carbocycles. The summed E-state index contributed by atoms with van der Waals surface area (Å²) < 4.78 is 5.83. The maximum Gasteiger partial charge on any atom is 0.0589 e. The Bertz CT molecular complexity index is 233. The molecule has 0 aliphatic carbocycles.